The quantitative estimate of drug-likeness (QED) is 0.763. The van der Waals surface area contributed by atoms with Crippen molar-refractivity contribution in [1.82, 2.24) is 4.98 Å². The van der Waals surface area contributed by atoms with Crippen LogP contribution in [0.2, 0.25) is 0 Å². The fraction of sp³-hybridized carbons (Fsp3) is 0.0625. The molecule has 0 aliphatic heterocycles. The number of nitrogens with zero attached hydrogens (tertiary/aromatic N) is 1. The van der Waals surface area contributed by atoms with Crippen LogP contribution < -0.4 is 10.1 Å². The Bertz CT molecular complexity index is 695. The molecule has 0 saturated heterocycles. The second-order valence-corrected chi connectivity index (χ2v) is 4.23. The number of methoxy groups -OCH3 is 1. The van der Waals surface area contributed by atoms with Gasteiger partial charge >= 0.3 is 0 Å². The number of aromatic nitrogens is 1. The van der Waals surface area contributed by atoms with Crippen molar-refractivity contribution >= 4 is 22.3 Å². The van der Waals surface area contributed by atoms with Crippen LogP contribution in [0.4, 0.5) is 11.4 Å². The van der Waals surface area contributed by atoms with Crippen molar-refractivity contribution in [2.75, 3.05) is 12.4 Å². The van der Waals surface area contributed by atoms with Crippen molar-refractivity contribution in [3.63, 3.8) is 0 Å². The molecule has 3 aromatic rings. The van der Waals surface area contributed by atoms with Gasteiger partial charge in [-0.3, -0.25) is 4.98 Å². The lowest BCUT2D eigenvalue weighted by Gasteiger charge is -2.10. The van der Waals surface area contributed by atoms with Gasteiger partial charge in [0.25, 0.3) is 0 Å². The van der Waals surface area contributed by atoms with E-state index in [2.05, 4.69) is 10.3 Å². The monoisotopic (exact) mass is 250 g/mol. The summed E-state index contributed by atoms with van der Waals surface area (Å²) < 4.78 is 5.27. The molecule has 0 bridgehead atoms. The van der Waals surface area contributed by atoms with Gasteiger partial charge in [0.05, 0.1) is 12.6 Å². The first-order chi connectivity index (χ1) is 9.36. The number of rotatable bonds is 3. The second-order valence-electron chi connectivity index (χ2n) is 4.23. The second kappa shape index (κ2) is 4.98. The number of ether oxygens (including phenoxy) is 1. The summed E-state index contributed by atoms with van der Waals surface area (Å²) in [6, 6.07) is 17.9. The molecular weight excluding hydrogens is 236 g/mol. The minimum Gasteiger partial charge on any atom is -0.497 e. The zero-order valence-corrected chi connectivity index (χ0v) is 10.6. The number of hydrogen-bond acceptors (Lipinski definition) is 3. The predicted molar refractivity (Wildman–Crippen MR) is 78.0 cm³/mol. The van der Waals surface area contributed by atoms with Gasteiger partial charge < -0.3 is 10.1 Å². The third kappa shape index (κ3) is 2.36. The highest BCUT2D eigenvalue weighted by Crippen LogP contribution is 2.28. The molecule has 1 aromatic heterocycles. The molecule has 1 heterocycles. The van der Waals surface area contributed by atoms with Crippen LogP contribution in [-0.4, -0.2) is 12.1 Å². The number of fused-ring (bicyclic) bond motifs is 1. The molecule has 0 radical (unpaired) electrons. The molecule has 0 aliphatic carbocycles. The van der Waals surface area contributed by atoms with Gasteiger partial charge in [-0.2, -0.15) is 0 Å². The smallest absolute Gasteiger partial charge is 0.119 e. The third-order valence-corrected chi connectivity index (χ3v) is 3.00. The van der Waals surface area contributed by atoms with Crippen LogP contribution in [0.1, 0.15) is 0 Å². The largest absolute Gasteiger partial charge is 0.497 e. The number of benzene rings is 2. The van der Waals surface area contributed by atoms with Gasteiger partial charge in [0.15, 0.2) is 0 Å². The van der Waals surface area contributed by atoms with Crippen LogP contribution in [0, 0.1) is 0 Å². The Kier molecular flexibility index (Phi) is 3.02. The number of para-hydroxylation sites is 1. The summed E-state index contributed by atoms with van der Waals surface area (Å²) >= 11 is 0. The van der Waals surface area contributed by atoms with E-state index in [1.165, 1.54) is 0 Å². The molecule has 0 atom stereocenters. The SMILES string of the molecule is COc1ccc2nccc(Nc3ccccc3)c2c1. The summed E-state index contributed by atoms with van der Waals surface area (Å²) in [6.45, 7) is 0. The molecule has 94 valence electrons. The van der Waals surface area contributed by atoms with Crippen molar-refractivity contribution < 1.29 is 4.74 Å². The zero-order valence-electron chi connectivity index (χ0n) is 10.6. The summed E-state index contributed by atoms with van der Waals surface area (Å²) in [5, 5.41) is 4.45. The molecular formula is C16H14N2O. The summed E-state index contributed by atoms with van der Waals surface area (Å²) in [6.07, 6.45) is 1.81. The van der Waals surface area contributed by atoms with Crippen LogP contribution in [0.3, 0.4) is 0 Å². The van der Waals surface area contributed by atoms with E-state index in [4.69, 9.17) is 4.74 Å². The molecule has 3 heteroatoms. The Labute approximate surface area is 111 Å². The molecule has 0 unspecified atom stereocenters. The van der Waals surface area contributed by atoms with Gasteiger partial charge in [-0.1, -0.05) is 18.2 Å². The minimum absolute atomic E-state index is 0.830. The zero-order chi connectivity index (χ0) is 13.1. The molecule has 2 aromatic carbocycles. The lowest BCUT2D eigenvalue weighted by atomic mass is 10.1. The maximum Gasteiger partial charge on any atom is 0.119 e. The summed E-state index contributed by atoms with van der Waals surface area (Å²) in [5.74, 6) is 0.830. The first-order valence-corrected chi connectivity index (χ1v) is 6.11. The maximum absolute atomic E-state index is 5.27. The third-order valence-electron chi connectivity index (χ3n) is 3.00. The van der Waals surface area contributed by atoms with E-state index in [0.717, 1.165) is 28.0 Å². The Balaban J connectivity index is 2.07. The standard InChI is InChI=1S/C16H14N2O/c1-19-13-7-8-15-14(11-13)16(9-10-17-15)18-12-5-3-2-4-6-12/h2-11H,1H3,(H,17,18). The van der Waals surface area contributed by atoms with Gasteiger partial charge in [0, 0.05) is 23.0 Å². The van der Waals surface area contributed by atoms with Crippen molar-refractivity contribution in [1.29, 1.82) is 0 Å². The van der Waals surface area contributed by atoms with Crippen molar-refractivity contribution in [3.8, 4) is 5.75 Å². The van der Waals surface area contributed by atoms with Crippen LogP contribution >= 0.6 is 0 Å². The van der Waals surface area contributed by atoms with E-state index in [1.54, 1.807) is 13.3 Å². The molecule has 3 nitrogen and oxygen atoms in total. The average molecular weight is 250 g/mol. The van der Waals surface area contributed by atoms with Crippen LogP contribution in [0.15, 0.2) is 60.8 Å². The highest BCUT2D eigenvalue weighted by Gasteiger charge is 2.03. The van der Waals surface area contributed by atoms with Gasteiger partial charge in [-0.05, 0) is 36.4 Å². The van der Waals surface area contributed by atoms with Crippen molar-refractivity contribution in [3.05, 3.63) is 60.8 Å². The normalized spacial score (nSPS) is 10.4. The van der Waals surface area contributed by atoms with Gasteiger partial charge in [-0.25, -0.2) is 0 Å². The van der Waals surface area contributed by atoms with Gasteiger partial charge in [0.2, 0.25) is 0 Å². The van der Waals surface area contributed by atoms with Gasteiger partial charge in [0.1, 0.15) is 5.75 Å². The predicted octanol–water partition coefficient (Wildman–Crippen LogP) is 3.99. The Hall–Kier alpha value is -2.55. The molecule has 3 rings (SSSR count). The van der Waals surface area contributed by atoms with E-state index in [9.17, 15) is 0 Å². The van der Waals surface area contributed by atoms with E-state index < -0.39 is 0 Å². The van der Waals surface area contributed by atoms with E-state index >= 15 is 0 Å². The minimum atomic E-state index is 0.830. The summed E-state index contributed by atoms with van der Waals surface area (Å²) in [4.78, 5) is 4.36. The summed E-state index contributed by atoms with van der Waals surface area (Å²) in [5.41, 5.74) is 3.02. The van der Waals surface area contributed by atoms with Crippen LogP contribution in [0.25, 0.3) is 10.9 Å². The summed E-state index contributed by atoms with van der Waals surface area (Å²) in [7, 11) is 1.67. The number of anilines is 2. The molecule has 0 fully saturated rings. The van der Waals surface area contributed by atoms with Gasteiger partial charge in [-0.15, -0.1) is 0 Å². The average Bonchev–Trinajstić information content (AvgIpc) is 2.48. The molecule has 1 N–H and O–H groups in total. The number of hydrogen-bond donors (Lipinski definition) is 1. The van der Waals surface area contributed by atoms with Crippen molar-refractivity contribution in [2.45, 2.75) is 0 Å². The molecule has 0 amide bonds. The molecule has 19 heavy (non-hydrogen) atoms. The fourth-order valence-corrected chi connectivity index (χ4v) is 2.04. The fourth-order valence-electron chi connectivity index (χ4n) is 2.04. The van der Waals surface area contributed by atoms with E-state index in [1.807, 2.05) is 54.6 Å². The van der Waals surface area contributed by atoms with Crippen molar-refractivity contribution in [2.24, 2.45) is 0 Å². The Morgan fingerprint density at radius 1 is 1.00 bits per heavy atom. The maximum atomic E-state index is 5.27. The molecule has 0 aliphatic rings. The molecule has 0 spiro atoms. The van der Waals surface area contributed by atoms with Crippen LogP contribution in [0.5, 0.6) is 5.75 Å². The lowest BCUT2D eigenvalue weighted by molar-refractivity contribution is 0.415. The Morgan fingerprint density at radius 3 is 2.63 bits per heavy atom. The van der Waals surface area contributed by atoms with E-state index in [0.29, 0.717) is 0 Å². The lowest BCUT2D eigenvalue weighted by Crippen LogP contribution is -1.93. The highest BCUT2D eigenvalue weighted by atomic mass is 16.5. The van der Waals surface area contributed by atoms with E-state index in [-0.39, 0.29) is 0 Å². The molecule has 0 saturated carbocycles. The Morgan fingerprint density at radius 2 is 1.84 bits per heavy atom. The van der Waals surface area contributed by atoms with Crippen LogP contribution in [-0.2, 0) is 0 Å². The first kappa shape index (κ1) is 11.5. The number of nitrogens with one attached hydrogen (secondary N) is 1. The number of pyridine rings is 1. The first-order valence-electron chi connectivity index (χ1n) is 6.11. The topological polar surface area (TPSA) is 34.1 Å². The highest BCUT2D eigenvalue weighted by molar-refractivity contribution is 5.93.